The highest BCUT2D eigenvalue weighted by Gasteiger charge is 2.56. The van der Waals surface area contributed by atoms with Gasteiger partial charge in [-0.15, -0.1) is 0 Å². The van der Waals surface area contributed by atoms with E-state index in [0.29, 0.717) is 18.9 Å². The van der Waals surface area contributed by atoms with Crippen LogP contribution >= 0.6 is 0 Å². The van der Waals surface area contributed by atoms with Gasteiger partial charge in [0, 0.05) is 24.5 Å². The Labute approximate surface area is 157 Å². The Morgan fingerprint density at radius 3 is 2.52 bits per heavy atom. The summed E-state index contributed by atoms with van der Waals surface area (Å²) in [5, 5.41) is 5.50. The topological polar surface area (TPSA) is 91.0 Å². The Kier molecular flexibility index (Phi) is 4.51. The van der Waals surface area contributed by atoms with Gasteiger partial charge in [0.1, 0.15) is 12.1 Å². The molecule has 8 nitrogen and oxygen atoms in total. The van der Waals surface area contributed by atoms with Crippen molar-refractivity contribution in [3.05, 3.63) is 24.3 Å². The van der Waals surface area contributed by atoms with Gasteiger partial charge in [-0.3, -0.25) is 14.5 Å². The van der Waals surface area contributed by atoms with Crippen molar-refractivity contribution >= 4 is 29.2 Å². The summed E-state index contributed by atoms with van der Waals surface area (Å²) in [6.45, 7) is 4.58. The SMILES string of the molecule is C[C@]1(C2CC2)NC(=O)N(CC(=O)Nc2ccc(N3CCOCC3)cc2)C1=O. The van der Waals surface area contributed by atoms with Crippen molar-refractivity contribution in [3.63, 3.8) is 0 Å². The van der Waals surface area contributed by atoms with Gasteiger partial charge in [0.05, 0.1) is 13.2 Å². The molecule has 3 fully saturated rings. The molecule has 4 amide bonds. The summed E-state index contributed by atoms with van der Waals surface area (Å²) >= 11 is 0. The number of carbonyl (C=O) groups excluding carboxylic acids is 3. The van der Waals surface area contributed by atoms with Gasteiger partial charge in [0.15, 0.2) is 0 Å². The van der Waals surface area contributed by atoms with E-state index >= 15 is 0 Å². The Morgan fingerprint density at radius 2 is 1.89 bits per heavy atom. The highest BCUT2D eigenvalue weighted by molar-refractivity contribution is 6.10. The number of nitrogens with zero attached hydrogens (tertiary/aromatic N) is 2. The zero-order valence-electron chi connectivity index (χ0n) is 15.4. The summed E-state index contributed by atoms with van der Waals surface area (Å²) in [6.07, 6.45) is 1.86. The minimum absolute atomic E-state index is 0.176. The minimum Gasteiger partial charge on any atom is -0.378 e. The Morgan fingerprint density at radius 1 is 1.22 bits per heavy atom. The van der Waals surface area contributed by atoms with Crippen molar-refractivity contribution < 1.29 is 19.1 Å². The zero-order chi connectivity index (χ0) is 19.0. The van der Waals surface area contributed by atoms with Crippen molar-refractivity contribution in [2.24, 2.45) is 5.92 Å². The van der Waals surface area contributed by atoms with Crippen molar-refractivity contribution in [1.29, 1.82) is 0 Å². The Balaban J connectivity index is 1.35. The van der Waals surface area contributed by atoms with E-state index in [1.54, 1.807) is 6.92 Å². The standard InChI is InChI=1S/C19H24N4O4/c1-19(13-2-3-13)17(25)23(18(26)21-19)12-16(24)20-14-4-6-15(7-5-14)22-8-10-27-11-9-22/h4-7,13H,2-3,8-12H2,1H3,(H,20,24)(H,21,26)/t19-/m1/s1. The molecular weight excluding hydrogens is 348 g/mol. The van der Waals surface area contributed by atoms with E-state index in [1.165, 1.54) is 0 Å². The molecule has 0 spiro atoms. The lowest BCUT2D eigenvalue weighted by Gasteiger charge is -2.28. The first kappa shape index (κ1) is 17.8. The molecule has 144 valence electrons. The number of nitrogens with one attached hydrogen (secondary N) is 2. The molecule has 2 heterocycles. The number of hydrogen-bond donors (Lipinski definition) is 2. The molecule has 0 unspecified atom stereocenters. The van der Waals surface area contributed by atoms with Crippen molar-refractivity contribution in [2.75, 3.05) is 43.1 Å². The number of anilines is 2. The number of ether oxygens (including phenoxy) is 1. The van der Waals surface area contributed by atoms with Gasteiger partial charge in [-0.1, -0.05) is 0 Å². The lowest BCUT2D eigenvalue weighted by atomic mass is 9.96. The molecular formula is C19H24N4O4. The molecule has 27 heavy (non-hydrogen) atoms. The van der Waals surface area contributed by atoms with Gasteiger partial charge >= 0.3 is 6.03 Å². The average Bonchev–Trinajstić information content (AvgIpc) is 3.49. The predicted molar refractivity (Wildman–Crippen MR) is 99.5 cm³/mol. The van der Waals surface area contributed by atoms with Crippen molar-refractivity contribution in [3.8, 4) is 0 Å². The van der Waals surface area contributed by atoms with Crippen LogP contribution in [0, 0.1) is 5.92 Å². The van der Waals surface area contributed by atoms with Crippen LogP contribution in [0.15, 0.2) is 24.3 Å². The highest BCUT2D eigenvalue weighted by atomic mass is 16.5. The van der Waals surface area contributed by atoms with E-state index in [1.807, 2.05) is 24.3 Å². The molecule has 2 N–H and O–H groups in total. The second-order valence-corrected chi connectivity index (χ2v) is 7.49. The molecule has 8 heteroatoms. The quantitative estimate of drug-likeness (QED) is 0.758. The van der Waals surface area contributed by atoms with Gasteiger partial charge in [0.25, 0.3) is 5.91 Å². The molecule has 1 atom stereocenters. The number of morpholine rings is 1. The number of imide groups is 1. The fourth-order valence-electron chi connectivity index (χ4n) is 3.72. The van der Waals surface area contributed by atoms with Crippen LogP contribution in [0.2, 0.25) is 0 Å². The molecule has 0 aromatic heterocycles. The molecule has 1 aromatic rings. The first-order valence-electron chi connectivity index (χ1n) is 9.34. The fourth-order valence-corrected chi connectivity index (χ4v) is 3.72. The van der Waals surface area contributed by atoms with Gasteiger partial charge in [-0.25, -0.2) is 4.79 Å². The van der Waals surface area contributed by atoms with E-state index in [4.69, 9.17) is 4.74 Å². The maximum absolute atomic E-state index is 12.6. The van der Waals surface area contributed by atoms with Crippen LogP contribution in [-0.4, -0.2) is 61.1 Å². The summed E-state index contributed by atoms with van der Waals surface area (Å²) in [5.74, 6) is -0.528. The number of hydrogen-bond acceptors (Lipinski definition) is 5. The molecule has 3 aliphatic rings. The van der Waals surface area contributed by atoms with Crippen molar-refractivity contribution in [2.45, 2.75) is 25.3 Å². The maximum atomic E-state index is 12.6. The molecule has 2 aliphatic heterocycles. The summed E-state index contributed by atoms with van der Waals surface area (Å²) in [4.78, 5) is 40.3. The average molecular weight is 372 g/mol. The predicted octanol–water partition coefficient (Wildman–Crippen LogP) is 1.18. The minimum atomic E-state index is -0.864. The summed E-state index contributed by atoms with van der Waals surface area (Å²) in [6, 6.07) is 7.04. The molecule has 1 aromatic carbocycles. The Hall–Kier alpha value is -2.61. The smallest absolute Gasteiger partial charge is 0.325 e. The molecule has 4 rings (SSSR count). The van der Waals surface area contributed by atoms with Gasteiger partial charge in [0.2, 0.25) is 5.91 Å². The van der Waals surface area contributed by atoms with E-state index in [2.05, 4.69) is 15.5 Å². The van der Waals surface area contributed by atoms with Crippen LogP contribution in [0.5, 0.6) is 0 Å². The van der Waals surface area contributed by atoms with Gasteiger partial charge in [-0.2, -0.15) is 0 Å². The van der Waals surface area contributed by atoms with Crippen LogP contribution in [-0.2, 0) is 14.3 Å². The first-order valence-corrected chi connectivity index (χ1v) is 9.34. The second-order valence-electron chi connectivity index (χ2n) is 7.49. The van der Waals surface area contributed by atoms with E-state index in [9.17, 15) is 14.4 Å². The number of urea groups is 1. The van der Waals surface area contributed by atoms with Crippen LogP contribution in [0.3, 0.4) is 0 Å². The van der Waals surface area contributed by atoms with Crippen LogP contribution in [0.1, 0.15) is 19.8 Å². The zero-order valence-corrected chi connectivity index (χ0v) is 15.4. The van der Waals surface area contributed by atoms with E-state index in [-0.39, 0.29) is 18.4 Å². The van der Waals surface area contributed by atoms with Crippen molar-refractivity contribution in [1.82, 2.24) is 10.2 Å². The third-order valence-corrected chi connectivity index (χ3v) is 5.52. The molecule has 0 bridgehead atoms. The molecule has 0 radical (unpaired) electrons. The van der Waals surface area contributed by atoms with Gasteiger partial charge < -0.3 is 20.3 Å². The summed E-state index contributed by atoms with van der Waals surface area (Å²) < 4.78 is 5.35. The summed E-state index contributed by atoms with van der Waals surface area (Å²) in [7, 11) is 0. The number of benzene rings is 1. The largest absolute Gasteiger partial charge is 0.378 e. The lowest BCUT2D eigenvalue weighted by molar-refractivity contribution is -0.134. The number of amides is 4. The van der Waals surface area contributed by atoms with Gasteiger partial charge in [-0.05, 0) is 49.9 Å². The summed E-state index contributed by atoms with van der Waals surface area (Å²) in [5.41, 5.74) is 0.844. The molecule has 1 aliphatic carbocycles. The lowest BCUT2D eigenvalue weighted by Crippen LogP contribution is -2.46. The monoisotopic (exact) mass is 372 g/mol. The van der Waals surface area contributed by atoms with Crippen LogP contribution < -0.4 is 15.5 Å². The number of rotatable bonds is 5. The first-order chi connectivity index (χ1) is 13.0. The third kappa shape index (κ3) is 3.49. The maximum Gasteiger partial charge on any atom is 0.325 e. The molecule has 1 saturated carbocycles. The highest BCUT2D eigenvalue weighted by Crippen LogP contribution is 2.42. The normalized spacial score (nSPS) is 25.5. The van der Waals surface area contributed by atoms with E-state index < -0.39 is 17.5 Å². The van der Waals surface area contributed by atoms with Crippen LogP contribution in [0.4, 0.5) is 16.2 Å². The van der Waals surface area contributed by atoms with E-state index in [0.717, 1.165) is 36.5 Å². The molecule has 2 saturated heterocycles. The van der Waals surface area contributed by atoms with Crippen LogP contribution in [0.25, 0.3) is 0 Å². The second kappa shape index (κ2) is 6.84. The number of carbonyl (C=O) groups is 3. The fraction of sp³-hybridized carbons (Fsp3) is 0.526. The Bertz CT molecular complexity index is 755. The third-order valence-electron chi connectivity index (χ3n) is 5.52.